The number of carbonyl (C=O) groups excluding carboxylic acids is 3. The standard InChI is InChI=1S/C51H74O16/c1-27(52)35-18-21-51(56)49(35,7)40(65-47(54)32-14-12-11-13-15-32)26-39-48(6)19-17-34(22-33(48)16-20-50(39,51)55)64-41-23-37(58-9)45(29(3)60-41)67-43-25-38(59-10)46(30(4)62-43)66-42-24-36(57-8)44(28(2)61-42)63-31(5)53/h11-16,28-30,34-46,55-56H,17-26H2,1-10H3/t28-,29-,30-,34+,35+,36-,37+,38+,39-,40-,41+,42?,43+,44-,45-,46-,48+,49+,50+,51-/m1/s1. The summed E-state index contributed by atoms with van der Waals surface area (Å²) >= 11 is 0. The molecule has 8 rings (SSSR count). The van der Waals surface area contributed by atoms with Crippen LogP contribution in [0.25, 0.3) is 0 Å². The molecule has 2 N–H and O–H groups in total. The van der Waals surface area contributed by atoms with Gasteiger partial charge in [0.15, 0.2) is 25.0 Å². The zero-order valence-corrected chi connectivity index (χ0v) is 40.9. The first-order chi connectivity index (χ1) is 31.8. The van der Waals surface area contributed by atoms with Gasteiger partial charge < -0.3 is 62.3 Å². The van der Waals surface area contributed by atoms with Crippen LogP contribution in [0, 0.1) is 22.7 Å². The van der Waals surface area contributed by atoms with E-state index in [0.717, 1.165) is 5.57 Å². The fourth-order valence-corrected chi connectivity index (χ4v) is 13.6. The van der Waals surface area contributed by atoms with Crippen molar-refractivity contribution in [2.24, 2.45) is 22.7 Å². The third-order valence-electron chi connectivity index (χ3n) is 17.2. The first-order valence-corrected chi connectivity index (χ1v) is 24.4. The van der Waals surface area contributed by atoms with Crippen LogP contribution in [-0.4, -0.2) is 146 Å². The van der Waals surface area contributed by atoms with Gasteiger partial charge in [-0.1, -0.05) is 43.7 Å². The molecule has 3 heterocycles. The van der Waals surface area contributed by atoms with Crippen molar-refractivity contribution in [3.05, 3.63) is 47.5 Å². The van der Waals surface area contributed by atoms with E-state index in [2.05, 4.69) is 13.0 Å². The Balaban J connectivity index is 0.901. The van der Waals surface area contributed by atoms with Crippen LogP contribution in [0.15, 0.2) is 42.0 Å². The third kappa shape index (κ3) is 9.09. The number of fused-ring (bicyclic) bond motifs is 5. The van der Waals surface area contributed by atoms with Crippen molar-refractivity contribution < 1.29 is 76.7 Å². The van der Waals surface area contributed by atoms with Crippen molar-refractivity contribution in [3.63, 3.8) is 0 Å². The smallest absolute Gasteiger partial charge is 0.338 e. The molecular formula is C51H74O16. The molecule has 0 bridgehead atoms. The van der Waals surface area contributed by atoms with Gasteiger partial charge in [0.05, 0.1) is 42.2 Å². The van der Waals surface area contributed by atoms with E-state index in [1.807, 2.05) is 33.8 Å². The zero-order chi connectivity index (χ0) is 48.2. The van der Waals surface area contributed by atoms with Crippen LogP contribution in [0.1, 0.15) is 123 Å². The quantitative estimate of drug-likeness (QED) is 0.179. The van der Waals surface area contributed by atoms with Crippen molar-refractivity contribution in [2.45, 2.75) is 210 Å². The maximum atomic E-state index is 13.7. The number of ether oxygens (including phenoxy) is 11. The number of ketones is 1. The second-order valence-corrected chi connectivity index (χ2v) is 20.8. The predicted octanol–water partition coefficient (Wildman–Crippen LogP) is 5.76. The molecule has 1 unspecified atom stereocenters. The van der Waals surface area contributed by atoms with Crippen LogP contribution in [0.4, 0.5) is 0 Å². The van der Waals surface area contributed by atoms with Crippen LogP contribution in [0.5, 0.6) is 0 Å². The van der Waals surface area contributed by atoms with E-state index in [9.17, 15) is 24.6 Å². The Kier molecular flexibility index (Phi) is 14.9. The summed E-state index contributed by atoms with van der Waals surface area (Å²) in [7, 11) is 4.86. The first-order valence-electron chi connectivity index (χ1n) is 24.4. The largest absolute Gasteiger partial charge is 0.458 e. The Hall–Kier alpha value is -2.87. The average Bonchev–Trinajstić information content (AvgIpc) is 3.59. The molecule has 3 saturated heterocycles. The maximum Gasteiger partial charge on any atom is 0.338 e. The van der Waals surface area contributed by atoms with Gasteiger partial charge in [0.2, 0.25) is 0 Å². The number of hydrogen-bond donors (Lipinski definition) is 2. The molecule has 67 heavy (non-hydrogen) atoms. The van der Waals surface area contributed by atoms with Crippen molar-refractivity contribution in [1.29, 1.82) is 0 Å². The SMILES string of the molecule is CO[C@H]1C[C@H](O[C@H]2[C@@H](OC)C[C@H](O[C@H]3CC[C@@]4(C)C(=CC[C@]5(O)[C@@H]4C[C@@H](OC(=O)c4ccccc4)[C@]4(C)[C@H](C(C)=O)CC[C@@]45O)C3)O[C@@H]2C)O[C@H](C)[C@H]1OC1C[C@@H](OC)[C@H](OC(C)=O)[C@@H](C)O1. The lowest BCUT2D eigenvalue weighted by atomic mass is 9.43. The minimum Gasteiger partial charge on any atom is -0.458 e. The van der Waals surface area contributed by atoms with Crippen LogP contribution >= 0.6 is 0 Å². The second-order valence-electron chi connectivity index (χ2n) is 20.8. The molecule has 1 aromatic carbocycles. The van der Waals surface area contributed by atoms with Crippen LogP contribution < -0.4 is 0 Å². The zero-order valence-electron chi connectivity index (χ0n) is 40.9. The van der Waals surface area contributed by atoms with Crippen LogP contribution in [-0.2, 0) is 61.7 Å². The van der Waals surface area contributed by atoms with E-state index in [4.69, 9.17) is 52.1 Å². The molecule has 3 aliphatic heterocycles. The minimum absolute atomic E-state index is 0.0817. The number of benzene rings is 1. The molecule has 1 aromatic rings. The van der Waals surface area contributed by atoms with Crippen molar-refractivity contribution in [3.8, 4) is 0 Å². The second kappa shape index (κ2) is 19.7. The van der Waals surface area contributed by atoms with Gasteiger partial charge in [-0.2, -0.15) is 0 Å². The summed E-state index contributed by atoms with van der Waals surface area (Å²) in [6, 6.07) is 8.77. The average molecular weight is 943 g/mol. The lowest BCUT2D eigenvalue weighted by Crippen LogP contribution is -2.75. The molecule has 0 amide bonds. The van der Waals surface area contributed by atoms with Gasteiger partial charge in [0.25, 0.3) is 0 Å². The summed E-state index contributed by atoms with van der Waals surface area (Å²) in [5.41, 5.74) is -3.40. The van der Waals surface area contributed by atoms with E-state index in [1.54, 1.807) is 45.6 Å². The Morgan fingerprint density at radius 2 is 1.22 bits per heavy atom. The summed E-state index contributed by atoms with van der Waals surface area (Å²) < 4.78 is 68.4. The number of carbonyl (C=O) groups is 3. The molecule has 7 aliphatic rings. The lowest BCUT2D eigenvalue weighted by Gasteiger charge is -2.66. The highest BCUT2D eigenvalue weighted by atomic mass is 16.7. The van der Waals surface area contributed by atoms with Gasteiger partial charge >= 0.3 is 11.9 Å². The molecule has 3 saturated carbocycles. The van der Waals surface area contributed by atoms with Gasteiger partial charge in [-0.05, 0) is 90.2 Å². The molecule has 16 nitrogen and oxygen atoms in total. The Morgan fingerprint density at radius 1 is 0.687 bits per heavy atom. The molecule has 4 aliphatic carbocycles. The van der Waals surface area contributed by atoms with Gasteiger partial charge in [0.1, 0.15) is 41.4 Å². The summed E-state index contributed by atoms with van der Waals surface area (Å²) in [4.78, 5) is 38.6. The highest BCUT2D eigenvalue weighted by Crippen LogP contribution is 2.70. The molecular weight excluding hydrogens is 869 g/mol. The Labute approximate surface area is 394 Å². The van der Waals surface area contributed by atoms with Gasteiger partial charge in [-0.3, -0.25) is 9.59 Å². The minimum atomic E-state index is -1.67. The number of Topliss-reactive ketones (excluding diaryl/α,β-unsaturated/α-hetero) is 1. The fraction of sp³-hybridized carbons (Fsp3) is 0.784. The van der Waals surface area contributed by atoms with E-state index in [1.165, 1.54) is 13.8 Å². The summed E-state index contributed by atoms with van der Waals surface area (Å²) in [6.45, 7) is 12.6. The molecule has 0 spiro atoms. The first kappa shape index (κ1) is 50.5. The molecule has 0 radical (unpaired) electrons. The van der Waals surface area contributed by atoms with Gasteiger partial charge in [-0.15, -0.1) is 0 Å². The van der Waals surface area contributed by atoms with Crippen molar-refractivity contribution in [2.75, 3.05) is 21.3 Å². The van der Waals surface area contributed by atoms with Crippen LogP contribution in [0.2, 0.25) is 0 Å². The Morgan fingerprint density at radius 3 is 1.76 bits per heavy atom. The molecule has 374 valence electrons. The molecule has 0 aromatic heterocycles. The number of esters is 2. The normalized spacial score (nSPS) is 46.3. The highest BCUT2D eigenvalue weighted by Gasteiger charge is 2.77. The topological polar surface area (TPSA) is 193 Å². The van der Waals surface area contributed by atoms with E-state index < -0.39 is 114 Å². The highest BCUT2D eigenvalue weighted by molar-refractivity contribution is 5.89. The fourth-order valence-electron chi connectivity index (χ4n) is 13.6. The van der Waals surface area contributed by atoms with Crippen molar-refractivity contribution in [1.82, 2.24) is 0 Å². The molecule has 20 atom stereocenters. The number of methoxy groups -OCH3 is 3. The molecule has 6 fully saturated rings. The maximum absolute atomic E-state index is 13.7. The number of rotatable bonds is 13. The van der Waals surface area contributed by atoms with Crippen LogP contribution in [0.3, 0.4) is 0 Å². The Bertz CT molecular complexity index is 1960. The third-order valence-corrected chi connectivity index (χ3v) is 17.2. The number of aliphatic hydroxyl groups is 2. The summed E-state index contributed by atoms with van der Waals surface area (Å²) in [6.07, 6.45) is -0.444. The predicted molar refractivity (Wildman–Crippen MR) is 239 cm³/mol. The van der Waals surface area contributed by atoms with Crippen molar-refractivity contribution >= 4 is 17.7 Å². The summed E-state index contributed by atoms with van der Waals surface area (Å²) in [5, 5.41) is 25.8. The summed E-state index contributed by atoms with van der Waals surface area (Å²) in [5.74, 6) is -2.02. The van der Waals surface area contributed by atoms with Gasteiger partial charge in [-0.25, -0.2) is 4.79 Å². The van der Waals surface area contributed by atoms with E-state index in [-0.39, 0.29) is 36.9 Å². The van der Waals surface area contributed by atoms with E-state index in [0.29, 0.717) is 56.9 Å². The van der Waals surface area contributed by atoms with Gasteiger partial charge in [0, 0.05) is 64.8 Å². The number of hydrogen-bond acceptors (Lipinski definition) is 16. The lowest BCUT2D eigenvalue weighted by molar-refractivity contribution is -0.339. The van der Waals surface area contributed by atoms with E-state index >= 15 is 0 Å². The monoisotopic (exact) mass is 942 g/mol. The molecule has 16 heteroatoms.